The lowest BCUT2D eigenvalue weighted by Crippen LogP contribution is -2.21. The van der Waals surface area contributed by atoms with Crippen molar-refractivity contribution in [3.63, 3.8) is 0 Å². The Kier molecular flexibility index (Phi) is 4.17. The quantitative estimate of drug-likeness (QED) is 0.913. The minimum Gasteiger partial charge on any atom is -0.495 e. The zero-order chi connectivity index (χ0) is 13.8. The van der Waals surface area contributed by atoms with Crippen LogP contribution >= 0.6 is 0 Å². The predicted molar refractivity (Wildman–Crippen MR) is 77.6 cm³/mol. The number of ether oxygens (including phenoxy) is 1. The van der Waals surface area contributed by atoms with Gasteiger partial charge in [0, 0.05) is 6.20 Å². The molecular weight excluding hydrogens is 236 g/mol. The summed E-state index contributed by atoms with van der Waals surface area (Å²) in [5, 5.41) is 3.35. The number of nitrogens with one attached hydrogen (secondary N) is 1. The van der Waals surface area contributed by atoms with E-state index in [-0.39, 0.29) is 6.04 Å². The summed E-state index contributed by atoms with van der Waals surface area (Å²) in [6, 6.07) is 10.2. The molecule has 1 unspecified atom stereocenters. The van der Waals surface area contributed by atoms with Gasteiger partial charge in [-0.1, -0.05) is 18.2 Å². The molecule has 1 aromatic heterocycles. The van der Waals surface area contributed by atoms with Crippen LogP contribution < -0.4 is 10.1 Å². The van der Waals surface area contributed by atoms with Crippen molar-refractivity contribution >= 4 is 0 Å². The molecule has 0 saturated heterocycles. The lowest BCUT2D eigenvalue weighted by molar-refractivity contribution is 0.401. The second-order valence-corrected chi connectivity index (χ2v) is 4.62. The molecule has 2 aromatic rings. The van der Waals surface area contributed by atoms with Gasteiger partial charge in [0.25, 0.3) is 0 Å². The molecule has 0 spiro atoms. The minimum atomic E-state index is 0.0392. The number of hydrogen-bond donors (Lipinski definition) is 1. The maximum Gasteiger partial charge on any atom is 0.142 e. The summed E-state index contributed by atoms with van der Waals surface area (Å²) in [5.74, 6) is 0.810. The summed E-state index contributed by atoms with van der Waals surface area (Å²) in [4.78, 5) is 4.49. The monoisotopic (exact) mass is 256 g/mol. The number of aromatic nitrogens is 1. The summed E-state index contributed by atoms with van der Waals surface area (Å²) in [6.07, 6.45) is 1.80. The van der Waals surface area contributed by atoms with Crippen LogP contribution in [0.25, 0.3) is 0 Å². The molecule has 3 nitrogen and oxygen atoms in total. The lowest BCUT2D eigenvalue weighted by Gasteiger charge is -2.22. The van der Waals surface area contributed by atoms with Crippen molar-refractivity contribution in [1.82, 2.24) is 10.3 Å². The molecule has 1 N–H and O–H groups in total. The molecule has 0 amide bonds. The zero-order valence-corrected chi connectivity index (χ0v) is 11.9. The van der Waals surface area contributed by atoms with Gasteiger partial charge < -0.3 is 10.1 Å². The molecule has 0 saturated carbocycles. The highest BCUT2D eigenvalue weighted by molar-refractivity contribution is 5.43. The summed E-state index contributed by atoms with van der Waals surface area (Å²) in [6.45, 7) is 4.25. The topological polar surface area (TPSA) is 34.2 Å². The van der Waals surface area contributed by atoms with Crippen LogP contribution in [0.1, 0.15) is 28.4 Å². The highest BCUT2D eigenvalue weighted by Gasteiger charge is 2.20. The van der Waals surface area contributed by atoms with Gasteiger partial charge in [-0.15, -0.1) is 0 Å². The van der Waals surface area contributed by atoms with Crippen LogP contribution in [0.15, 0.2) is 36.5 Å². The fourth-order valence-electron chi connectivity index (χ4n) is 2.49. The summed E-state index contributed by atoms with van der Waals surface area (Å²) in [5.41, 5.74) is 4.70. The van der Waals surface area contributed by atoms with Gasteiger partial charge in [0.15, 0.2) is 0 Å². The van der Waals surface area contributed by atoms with Crippen LogP contribution in [0.4, 0.5) is 0 Å². The third kappa shape index (κ3) is 2.61. The van der Waals surface area contributed by atoms with E-state index in [0.717, 1.165) is 11.4 Å². The molecule has 0 aliphatic heterocycles. The van der Waals surface area contributed by atoms with Crippen LogP contribution in [-0.2, 0) is 0 Å². The minimum absolute atomic E-state index is 0.0392. The van der Waals surface area contributed by atoms with Crippen molar-refractivity contribution < 1.29 is 4.74 Å². The Bertz CT molecular complexity index is 546. The van der Waals surface area contributed by atoms with Crippen molar-refractivity contribution in [2.75, 3.05) is 14.2 Å². The Labute approximate surface area is 114 Å². The molecule has 0 bridgehead atoms. The van der Waals surface area contributed by atoms with Gasteiger partial charge in [-0.2, -0.15) is 0 Å². The molecule has 1 atom stereocenters. The first-order valence-electron chi connectivity index (χ1n) is 6.41. The second-order valence-electron chi connectivity index (χ2n) is 4.62. The van der Waals surface area contributed by atoms with E-state index in [2.05, 4.69) is 42.3 Å². The summed E-state index contributed by atoms with van der Waals surface area (Å²) >= 11 is 0. The molecule has 100 valence electrons. The fraction of sp³-hybridized carbons (Fsp3) is 0.312. The summed E-state index contributed by atoms with van der Waals surface area (Å²) in [7, 11) is 3.63. The molecule has 0 aliphatic carbocycles. The normalized spacial score (nSPS) is 12.2. The third-order valence-corrected chi connectivity index (χ3v) is 3.41. The molecule has 0 fully saturated rings. The van der Waals surface area contributed by atoms with Crippen LogP contribution in [0.5, 0.6) is 5.75 Å². The molecule has 1 heterocycles. The smallest absolute Gasteiger partial charge is 0.142 e. The van der Waals surface area contributed by atoms with Gasteiger partial charge in [-0.3, -0.25) is 4.98 Å². The van der Waals surface area contributed by atoms with Crippen molar-refractivity contribution in [3.8, 4) is 5.75 Å². The largest absolute Gasteiger partial charge is 0.495 e. The summed E-state index contributed by atoms with van der Waals surface area (Å²) < 4.78 is 5.43. The molecule has 2 rings (SSSR count). The van der Waals surface area contributed by atoms with Gasteiger partial charge in [0.05, 0.1) is 13.2 Å². The van der Waals surface area contributed by atoms with E-state index >= 15 is 0 Å². The van der Waals surface area contributed by atoms with Crippen molar-refractivity contribution in [1.29, 1.82) is 0 Å². The fourth-order valence-corrected chi connectivity index (χ4v) is 2.49. The van der Waals surface area contributed by atoms with Gasteiger partial charge in [0.1, 0.15) is 11.4 Å². The van der Waals surface area contributed by atoms with E-state index < -0.39 is 0 Å². The third-order valence-electron chi connectivity index (χ3n) is 3.41. The Morgan fingerprint density at radius 3 is 2.37 bits per heavy atom. The number of hydrogen-bond acceptors (Lipinski definition) is 3. The average Bonchev–Trinajstić information content (AvgIpc) is 2.43. The number of nitrogens with zero attached hydrogens (tertiary/aromatic N) is 1. The highest BCUT2D eigenvalue weighted by atomic mass is 16.5. The van der Waals surface area contributed by atoms with Crippen LogP contribution in [-0.4, -0.2) is 19.1 Å². The number of methoxy groups -OCH3 is 1. The van der Waals surface area contributed by atoms with E-state index in [1.807, 2.05) is 19.2 Å². The van der Waals surface area contributed by atoms with Crippen molar-refractivity contribution in [2.24, 2.45) is 0 Å². The maximum atomic E-state index is 5.43. The standard InChI is InChI=1S/C16H20N2O/c1-11-7-5-8-12(2)14(11)16(17-3)15-13(19-4)9-6-10-18-15/h5-10,16-17H,1-4H3. The predicted octanol–water partition coefficient (Wildman–Crippen LogP) is 3.02. The molecule has 0 aliphatic rings. The second kappa shape index (κ2) is 5.85. The van der Waals surface area contributed by atoms with E-state index in [0.29, 0.717) is 0 Å². The SMILES string of the molecule is CNC(c1ncccc1OC)c1c(C)cccc1C. The number of aryl methyl sites for hydroxylation is 2. The van der Waals surface area contributed by atoms with Crippen LogP contribution in [0, 0.1) is 13.8 Å². The number of benzene rings is 1. The van der Waals surface area contributed by atoms with Crippen LogP contribution in [0.3, 0.4) is 0 Å². The molecule has 0 radical (unpaired) electrons. The zero-order valence-electron chi connectivity index (χ0n) is 11.9. The first-order chi connectivity index (χ1) is 9.19. The van der Waals surface area contributed by atoms with Gasteiger partial charge in [0.2, 0.25) is 0 Å². The van der Waals surface area contributed by atoms with Gasteiger partial charge in [-0.05, 0) is 49.7 Å². The molecule has 1 aromatic carbocycles. The Morgan fingerprint density at radius 1 is 1.11 bits per heavy atom. The average molecular weight is 256 g/mol. The molecule has 19 heavy (non-hydrogen) atoms. The number of rotatable bonds is 4. The molecular formula is C16H20N2O. The van der Waals surface area contributed by atoms with Gasteiger partial charge >= 0.3 is 0 Å². The van der Waals surface area contributed by atoms with Crippen LogP contribution in [0.2, 0.25) is 0 Å². The van der Waals surface area contributed by atoms with E-state index in [9.17, 15) is 0 Å². The molecule has 3 heteroatoms. The first-order valence-corrected chi connectivity index (χ1v) is 6.41. The van der Waals surface area contributed by atoms with Crippen molar-refractivity contribution in [2.45, 2.75) is 19.9 Å². The maximum absolute atomic E-state index is 5.43. The van der Waals surface area contributed by atoms with E-state index in [1.165, 1.54) is 16.7 Å². The van der Waals surface area contributed by atoms with E-state index in [1.54, 1.807) is 13.3 Å². The Hall–Kier alpha value is -1.87. The van der Waals surface area contributed by atoms with E-state index in [4.69, 9.17) is 4.74 Å². The Balaban J connectivity index is 2.57. The van der Waals surface area contributed by atoms with Crippen molar-refractivity contribution in [3.05, 3.63) is 58.9 Å². The highest BCUT2D eigenvalue weighted by Crippen LogP contribution is 2.31. The van der Waals surface area contributed by atoms with Gasteiger partial charge in [-0.25, -0.2) is 0 Å². The lowest BCUT2D eigenvalue weighted by atomic mass is 9.93. The Morgan fingerprint density at radius 2 is 1.79 bits per heavy atom. The first kappa shape index (κ1) is 13.6. The number of pyridine rings is 1.